The average Bonchev–Trinajstić information content (AvgIpc) is 2.67. The number of rotatable bonds is 6. The number of hydrogen-bond acceptors (Lipinski definition) is 5. The molecule has 0 spiro atoms. The molecule has 8 heteroatoms. The van der Waals surface area contributed by atoms with Gasteiger partial charge in [0.15, 0.2) is 5.58 Å². The fraction of sp³-hybridized carbons (Fsp3) is 0.364. The minimum absolute atomic E-state index is 0.129. The zero-order valence-corrected chi connectivity index (χ0v) is 9.91. The predicted molar refractivity (Wildman–Crippen MR) is 66.6 cm³/mol. The van der Waals surface area contributed by atoms with E-state index < -0.39 is 18.8 Å². The van der Waals surface area contributed by atoms with E-state index in [0.29, 0.717) is 29.0 Å². The fourth-order valence-electron chi connectivity index (χ4n) is 1.60. The smallest absolute Gasteiger partial charge is 0.408 e. The number of nitrogens with one attached hydrogen (secondary N) is 2. The number of nitrogens with two attached hydrogens (primary N) is 1. The molecule has 2 rings (SSSR count). The third-order valence-corrected chi connectivity index (χ3v) is 2.40. The first-order chi connectivity index (χ1) is 9.06. The Morgan fingerprint density at radius 2 is 2.26 bits per heavy atom. The molecule has 1 aromatic heterocycles. The Labute approximate surface area is 106 Å². The van der Waals surface area contributed by atoms with Crippen LogP contribution in [0.3, 0.4) is 0 Å². The number of fused-ring (bicyclic) bond motifs is 1. The van der Waals surface area contributed by atoms with Crippen molar-refractivity contribution in [2.24, 2.45) is 0 Å². The van der Waals surface area contributed by atoms with Gasteiger partial charge in [-0.3, -0.25) is 4.98 Å². The molecule has 19 heavy (non-hydrogen) atoms. The number of nitrogen functional groups attached to an aromatic ring is 1. The number of aromatic nitrogens is 1. The molecule has 0 aliphatic heterocycles. The first kappa shape index (κ1) is 13.3. The van der Waals surface area contributed by atoms with E-state index in [1.165, 1.54) is 6.07 Å². The Bertz CT molecular complexity index is 609. The van der Waals surface area contributed by atoms with E-state index in [1.54, 1.807) is 6.07 Å². The van der Waals surface area contributed by atoms with Gasteiger partial charge in [-0.1, -0.05) is 0 Å². The molecule has 0 fully saturated rings. The van der Waals surface area contributed by atoms with Gasteiger partial charge in [0.2, 0.25) is 0 Å². The number of alkyl halides is 2. The van der Waals surface area contributed by atoms with E-state index in [4.69, 9.17) is 14.9 Å². The van der Waals surface area contributed by atoms with Gasteiger partial charge >= 0.3 is 5.76 Å². The van der Waals surface area contributed by atoms with Crippen molar-refractivity contribution >= 4 is 22.5 Å². The Balaban J connectivity index is 1.96. The second kappa shape index (κ2) is 5.70. The van der Waals surface area contributed by atoms with Crippen molar-refractivity contribution in [3.63, 3.8) is 0 Å². The molecule has 104 valence electrons. The zero-order chi connectivity index (χ0) is 13.8. The van der Waals surface area contributed by atoms with Crippen molar-refractivity contribution in [3.05, 3.63) is 22.7 Å². The number of aromatic amines is 1. The van der Waals surface area contributed by atoms with E-state index in [0.717, 1.165) is 0 Å². The number of anilines is 2. The molecule has 1 aromatic carbocycles. The summed E-state index contributed by atoms with van der Waals surface area (Å²) in [5, 5.41) is 2.93. The topological polar surface area (TPSA) is 93.3 Å². The normalized spacial score (nSPS) is 11.3. The van der Waals surface area contributed by atoms with Crippen LogP contribution in [0.1, 0.15) is 0 Å². The average molecular weight is 273 g/mol. The molecule has 1 heterocycles. The van der Waals surface area contributed by atoms with Gasteiger partial charge in [0.25, 0.3) is 6.43 Å². The predicted octanol–water partition coefficient (Wildman–Crippen LogP) is 1.40. The van der Waals surface area contributed by atoms with Crippen molar-refractivity contribution in [2.75, 3.05) is 30.8 Å². The summed E-state index contributed by atoms with van der Waals surface area (Å²) in [5.41, 5.74) is 7.60. The SMILES string of the molecule is Nc1cc2oc(=O)[nH]c2cc1NCCOCC(F)F. The van der Waals surface area contributed by atoms with Crippen molar-refractivity contribution in [2.45, 2.75) is 6.43 Å². The summed E-state index contributed by atoms with van der Waals surface area (Å²) in [6.07, 6.45) is -2.47. The molecule has 0 amide bonds. The Kier molecular flexibility index (Phi) is 4.00. The van der Waals surface area contributed by atoms with Gasteiger partial charge in [0, 0.05) is 12.6 Å². The molecule has 0 saturated carbocycles. The Morgan fingerprint density at radius 3 is 3.00 bits per heavy atom. The van der Waals surface area contributed by atoms with Crippen molar-refractivity contribution in [3.8, 4) is 0 Å². The molecular formula is C11H13F2N3O3. The van der Waals surface area contributed by atoms with Crippen molar-refractivity contribution in [1.82, 2.24) is 4.98 Å². The number of H-pyrrole nitrogens is 1. The standard InChI is InChI=1S/C11H13F2N3O3/c12-10(13)5-18-2-1-15-7-4-8-9(3-6(7)14)19-11(17)16-8/h3-4,10,15H,1-2,5,14H2,(H,16,17). The number of hydrogen-bond donors (Lipinski definition) is 3. The molecule has 0 bridgehead atoms. The van der Waals surface area contributed by atoms with Crippen LogP contribution in [0.15, 0.2) is 21.3 Å². The third kappa shape index (κ3) is 3.44. The van der Waals surface area contributed by atoms with Crippen LogP contribution in [0.4, 0.5) is 20.2 Å². The van der Waals surface area contributed by atoms with Crippen LogP contribution in [-0.2, 0) is 4.74 Å². The summed E-state index contributed by atoms with van der Waals surface area (Å²) in [7, 11) is 0. The summed E-state index contributed by atoms with van der Waals surface area (Å²) in [6, 6.07) is 3.12. The lowest BCUT2D eigenvalue weighted by Crippen LogP contribution is -2.13. The first-order valence-electron chi connectivity index (χ1n) is 5.58. The van der Waals surface area contributed by atoms with E-state index in [-0.39, 0.29) is 6.61 Å². The summed E-state index contributed by atoms with van der Waals surface area (Å²) < 4.78 is 33.2. The lowest BCUT2D eigenvalue weighted by molar-refractivity contribution is 0.0215. The van der Waals surface area contributed by atoms with Crippen LogP contribution in [0, 0.1) is 0 Å². The molecule has 0 aliphatic rings. The quantitative estimate of drug-likeness (QED) is 0.546. The highest BCUT2D eigenvalue weighted by Crippen LogP contribution is 2.23. The first-order valence-corrected chi connectivity index (χ1v) is 5.58. The molecule has 0 radical (unpaired) electrons. The molecule has 6 nitrogen and oxygen atoms in total. The van der Waals surface area contributed by atoms with Gasteiger partial charge in [0.05, 0.1) is 23.5 Å². The monoisotopic (exact) mass is 273 g/mol. The highest BCUT2D eigenvalue weighted by molar-refractivity contribution is 5.85. The van der Waals surface area contributed by atoms with Crippen LogP contribution in [0.5, 0.6) is 0 Å². The van der Waals surface area contributed by atoms with E-state index in [2.05, 4.69) is 10.3 Å². The van der Waals surface area contributed by atoms with Gasteiger partial charge in [-0.15, -0.1) is 0 Å². The van der Waals surface area contributed by atoms with Crippen LogP contribution in [0.2, 0.25) is 0 Å². The maximum absolute atomic E-state index is 11.8. The van der Waals surface area contributed by atoms with Gasteiger partial charge in [-0.05, 0) is 6.07 Å². The summed E-state index contributed by atoms with van der Waals surface area (Å²) in [4.78, 5) is 13.5. The largest absolute Gasteiger partial charge is 0.417 e. The summed E-state index contributed by atoms with van der Waals surface area (Å²) >= 11 is 0. The number of ether oxygens (including phenoxy) is 1. The van der Waals surface area contributed by atoms with Crippen LogP contribution in [-0.4, -0.2) is 31.2 Å². The van der Waals surface area contributed by atoms with Gasteiger partial charge < -0.3 is 20.2 Å². The van der Waals surface area contributed by atoms with Gasteiger partial charge in [-0.2, -0.15) is 0 Å². The molecular weight excluding hydrogens is 260 g/mol. The molecule has 0 atom stereocenters. The Hall–Kier alpha value is -2.09. The molecule has 4 N–H and O–H groups in total. The second-order valence-electron chi connectivity index (χ2n) is 3.84. The van der Waals surface area contributed by atoms with Crippen LogP contribution >= 0.6 is 0 Å². The number of halogens is 2. The number of benzene rings is 1. The molecule has 0 aliphatic carbocycles. The lowest BCUT2D eigenvalue weighted by atomic mass is 10.2. The summed E-state index contributed by atoms with van der Waals surface area (Å²) in [5.74, 6) is -0.563. The zero-order valence-electron chi connectivity index (χ0n) is 9.91. The molecule has 0 saturated heterocycles. The van der Waals surface area contributed by atoms with Crippen LogP contribution in [0.25, 0.3) is 11.1 Å². The fourth-order valence-corrected chi connectivity index (χ4v) is 1.60. The highest BCUT2D eigenvalue weighted by Gasteiger charge is 2.06. The van der Waals surface area contributed by atoms with Crippen molar-refractivity contribution in [1.29, 1.82) is 0 Å². The minimum Gasteiger partial charge on any atom is -0.408 e. The number of oxazole rings is 1. The maximum Gasteiger partial charge on any atom is 0.417 e. The van der Waals surface area contributed by atoms with Crippen LogP contribution < -0.4 is 16.8 Å². The summed E-state index contributed by atoms with van der Waals surface area (Å²) in [6.45, 7) is -0.139. The highest BCUT2D eigenvalue weighted by atomic mass is 19.3. The lowest BCUT2D eigenvalue weighted by Gasteiger charge is -2.09. The molecule has 2 aromatic rings. The third-order valence-electron chi connectivity index (χ3n) is 2.40. The minimum atomic E-state index is -2.47. The van der Waals surface area contributed by atoms with Gasteiger partial charge in [-0.25, -0.2) is 13.6 Å². The van der Waals surface area contributed by atoms with Gasteiger partial charge in [0.1, 0.15) is 6.61 Å². The van der Waals surface area contributed by atoms with E-state index >= 15 is 0 Å². The van der Waals surface area contributed by atoms with E-state index in [9.17, 15) is 13.6 Å². The Morgan fingerprint density at radius 1 is 1.47 bits per heavy atom. The second-order valence-corrected chi connectivity index (χ2v) is 3.84. The maximum atomic E-state index is 11.8. The van der Waals surface area contributed by atoms with E-state index in [1.807, 2.05) is 0 Å². The molecule has 0 unspecified atom stereocenters. The van der Waals surface area contributed by atoms with Crippen molar-refractivity contribution < 1.29 is 17.9 Å².